The highest BCUT2D eigenvalue weighted by Gasteiger charge is 2.37. The van der Waals surface area contributed by atoms with Crippen molar-refractivity contribution in [1.82, 2.24) is 10.2 Å². The molecule has 2 atom stereocenters. The number of carbonyl (C=O) groups is 1. The summed E-state index contributed by atoms with van der Waals surface area (Å²) in [5.74, 6) is -0.159. The van der Waals surface area contributed by atoms with E-state index < -0.39 is 5.54 Å². The van der Waals surface area contributed by atoms with Crippen molar-refractivity contribution >= 4 is 5.97 Å². The minimum absolute atomic E-state index is 0.159. The van der Waals surface area contributed by atoms with Gasteiger partial charge in [-0.1, -0.05) is 6.92 Å². The molecule has 0 aromatic carbocycles. The average molecular weight is 286 g/mol. The Hall–Kier alpha value is -0.650. The van der Waals surface area contributed by atoms with Crippen LogP contribution in [-0.2, 0) is 14.3 Å². The summed E-state index contributed by atoms with van der Waals surface area (Å²) in [6.45, 7) is 9.70. The Bertz CT molecular complexity index is 299. The van der Waals surface area contributed by atoms with E-state index in [4.69, 9.17) is 9.47 Å². The Morgan fingerprint density at radius 2 is 2.20 bits per heavy atom. The van der Waals surface area contributed by atoms with Gasteiger partial charge in [-0.25, -0.2) is 0 Å². The highest BCUT2D eigenvalue weighted by Crippen LogP contribution is 2.17. The lowest BCUT2D eigenvalue weighted by Crippen LogP contribution is -2.59. The smallest absolute Gasteiger partial charge is 0.327 e. The van der Waals surface area contributed by atoms with Gasteiger partial charge in [-0.15, -0.1) is 0 Å². The van der Waals surface area contributed by atoms with Crippen molar-refractivity contribution in [2.24, 2.45) is 0 Å². The van der Waals surface area contributed by atoms with Crippen LogP contribution in [0, 0.1) is 0 Å². The monoisotopic (exact) mass is 286 g/mol. The summed E-state index contributed by atoms with van der Waals surface area (Å²) in [7, 11) is 1.76. The second-order valence-electron chi connectivity index (χ2n) is 5.71. The molecule has 1 fully saturated rings. The molecule has 5 nitrogen and oxygen atoms in total. The predicted molar refractivity (Wildman–Crippen MR) is 79.8 cm³/mol. The van der Waals surface area contributed by atoms with E-state index in [1.54, 1.807) is 7.11 Å². The van der Waals surface area contributed by atoms with Gasteiger partial charge in [0.1, 0.15) is 5.54 Å². The van der Waals surface area contributed by atoms with Crippen LogP contribution in [0.25, 0.3) is 0 Å². The zero-order chi connectivity index (χ0) is 15.0. The Balaban J connectivity index is 2.65. The quantitative estimate of drug-likeness (QED) is 0.684. The van der Waals surface area contributed by atoms with Crippen molar-refractivity contribution in [3.63, 3.8) is 0 Å². The first kappa shape index (κ1) is 17.4. The van der Waals surface area contributed by atoms with Crippen LogP contribution in [-0.4, -0.2) is 62.4 Å². The maximum Gasteiger partial charge on any atom is 0.327 e. The largest absolute Gasteiger partial charge is 0.465 e. The van der Waals surface area contributed by atoms with Gasteiger partial charge in [-0.05, 0) is 46.2 Å². The number of likely N-dealkylation sites (tertiary alicyclic amines) is 1. The van der Waals surface area contributed by atoms with E-state index in [2.05, 4.69) is 17.1 Å². The normalized spacial score (nSPS) is 23.3. The minimum Gasteiger partial charge on any atom is -0.465 e. The van der Waals surface area contributed by atoms with Crippen molar-refractivity contribution < 1.29 is 14.3 Å². The fraction of sp³-hybridized carbons (Fsp3) is 0.933. The van der Waals surface area contributed by atoms with Crippen LogP contribution in [0.15, 0.2) is 0 Å². The number of esters is 1. The zero-order valence-corrected chi connectivity index (χ0v) is 13.4. The molecule has 1 N–H and O–H groups in total. The van der Waals surface area contributed by atoms with E-state index in [1.807, 2.05) is 13.8 Å². The van der Waals surface area contributed by atoms with Crippen molar-refractivity contribution in [3.8, 4) is 0 Å². The van der Waals surface area contributed by atoms with Crippen LogP contribution < -0.4 is 5.32 Å². The number of methoxy groups -OCH3 is 1. The number of ether oxygens (including phenoxy) is 2. The molecule has 0 bridgehead atoms. The molecule has 0 aromatic rings. The first-order valence-electron chi connectivity index (χ1n) is 7.73. The number of nitrogens with zero attached hydrogens (tertiary/aromatic N) is 1. The topological polar surface area (TPSA) is 50.8 Å². The van der Waals surface area contributed by atoms with E-state index in [0.717, 1.165) is 38.9 Å². The van der Waals surface area contributed by atoms with Crippen molar-refractivity contribution in [3.05, 3.63) is 0 Å². The van der Waals surface area contributed by atoms with Gasteiger partial charge in [0.15, 0.2) is 0 Å². The standard InChI is InChI=1S/C15H30N2O3/c1-5-9-16-15(3,14(18)20-6-2)12-17-10-7-8-13(11-17)19-4/h13,16H,5-12H2,1-4H3. The molecule has 0 spiro atoms. The van der Waals surface area contributed by atoms with E-state index in [9.17, 15) is 4.79 Å². The molecule has 0 saturated carbocycles. The maximum atomic E-state index is 12.3. The zero-order valence-electron chi connectivity index (χ0n) is 13.4. The van der Waals surface area contributed by atoms with E-state index >= 15 is 0 Å². The highest BCUT2D eigenvalue weighted by molar-refractivity contribution is 5.80. The molecule has 2 unspecified atom stereocenters. The van der Waals surface area contributed by atoms with Gasteiger partial charge in [0.05, 0.1) is 12.7 Å². The number of rotatable bonds is 8. The van der Waals surface area contributed by atoms with Gasteiger partial charge in [0.2, 0.25) is 0 Å². The van der Waals surface area contributed by atoms with Crippen molar-refractivity contribution in [1.29, 1.82) is 0 Å². The lowest BCUT2D eigenvalue weighted by Gasteiger charge is -2.38. The fourth-order valence-electron chi connectivity index (χ4n) is 2.68. The molecule has 0 radical (unpaired) electrons. The van der Waals surface area contributed by atoms with Crippen LogP contribution in [0.5, 0.6) is 0 Å². The summed E-state index contributed by atoms with van der Waals surface area (Å²) in [6, 6.07) is 0. The molecule has 20 heavy (non-hydrogen) atoms. The molecule has 1 aliphatic rings. The molecule has 1 heterocycles. The van der Waals surface area contributed by atoms with Crippen LogP contribution in [0.1, 0.15) is 40.0 Å². The summed E-state index contributed by atoms with van der Waals surface area (Å²) in [5, 5.41) is 3.35. The lowest BCUT2D eigenvalue weighted by molar-refractivity contribution is -0.151. The van der Waals surface area contributed by atoms with E-state index in [-0.39, 0.29) is 12.1 Å². The third-order valence-electron chi connectivity index (χ3n) is 3.83. The Labute approximate surface area is 123 Å². The predicted octanol–water partition coefficient (Wildman–Crippen LogP) is 1.42. The first-order valence-corrected chi connectivity index (χ1v) is 7.73. The molecule has 0 aliphatic carbocycles. The molecule has 5 heteroatoms. The molecule has 1 saturated heterocycles. The highest BCUT2D eigenvalue weighted by atomic mass is 16.5. The summed E-state index contributed by atoms with van der Waals surface area (Å²) >= 11 is 0. The number of carbonyl (C=O) groups excluding carboxylic acids is 1. The number of nitrogens with one attached hydrogen (secondary N) is 1. The van der Waals surface area contributed by atoms with Crippen molar-refractivity contribution in [2.45, 2.75) is 51.7 Å². The number of hydrogen-bond acceptors (Lipinski definition) is 5. The molecule has 0 amide bonds. The Morgan fingerprint density at radius 1 is 1.45 bits per heavy atom. The molecule has 118 valence electrons. The van der Waals surface area contributed by atoms with Gasteiger partial charge < -0.3 is 14.8 Å². The summed E-state index contributed by atoms with van der Waals surface area (Å²) < 4.78 is 10.7. The lowest BCUT2D eigenvalue weighted by atomic mass is 9.99. The van der Waals surface area contributed by atoms with Gasteiger partial charge >= 0.3 is 5.97 Å². The Morgan fingerprint density at radius 3 is 2.80 bits per heavy atom. The first-order chi connectivity index (χ1) is 9.55. The van der Waals surface area contributed by atoms with Crippen LogP contribution in [0.3, 0.4) is 0 Å². The second-order valence-corrected chi connectivity index (χ2v) is 5.71. The molecule has 1 aliphatic heterocycles. The summed E-state index contributed by atoms with van der Waals surface area (Å²) in [4.78, 5) is 14.6. The van der Waals surface area contributed by atoms with Crippen LogP contribution >= 0.6 is 0 Å². The van der Waals surface area contributed by atoms with Crippen LogP contribution in [0.4, 0.5) is 0 Å². The minimum atomic E-state index is -0.637. The maximum absolute atomic E-state index is 12.3. The summed E-state index contributed by atoms with van der Waals surface area (Å²) in [5.41, 5.74) is -0.637. The fourth-order valence-corrected chi connectivity index (χ4v) is 2.68. The third-order valence-corrected chi connectivity index (χ3v) is 3.83. The van der Waals surface area contributed by atoms with E-state index in [0.29, 0.717) is 13.2 Å². The third kappa shape index (κ3) is 5.04. The molecule has 1 rings (SSSR count). The van der Waals surface area contributed by atoms with Gasteiger partial charge in [0.25, 0.3) is 0 Å². The van der Waals surface area contributed by atoms with Crippen molar-refractivity contribution in [2.75, 3.05) is 39.9 Å². The number of hydrogen-bond donors (Lipinski definition) is 1. The van der Waals surface area contributed by atoms with Gasteiger partial charge in [-0.3, -0.25) is 9.69 Å². The Kier molecular flexibility index (Phi) is 7.48. The molecular formula is C15H30N2O3. The van der Waals surface area contributed by atoms with Crippen LogP contribution in [0.2, 0.25) is 0 Å². The number of piperidine rings is 1. The SMILES string of the molecule is CCCNC(C)(CN1CCCC(OC)C1)C(=O)OCC. The molecular weight excluding hydrogens is 256 g/mol. The average Bonchev–Trinajstić information content (AvgIpc) is 2.45. The molecule has 0 aromatic heterocycles. The van der Waals surface area contributed by atoms with Gasteiger partial charge in [-0.2, -0.15) is 0 Å². The van der Waals surface area contributed by atoms with E-state index in [1.165, 1.54) is 0 Å². The summed E-state index contributed by atoms with van der Waals surface area (Å²) in [6.07, 6.45) is 3.49. The second kappa shape index (κ2) is 8.60. The van der Waals surface area contributed by atoms with Gasteiger partial charge in [0, 0.05) is 20.2 Å².